The summed E-state index contributed by atoms with van der Waals surface area (Å²) in [4.78, 5) is 24.2. The van der Waals surface area contributed by atoms with Crippen LogP contribution < -0.4 is 10.9 Å². The van der Waals surface area contributed by atoms with Crippen molar-refractivity contribution in [2.24, 2.45) is 0 Å². The molecule has 3 rings (SSSR count). The number of fused-ring (bicyclic) bond motifs is 1. The molecular formula is C15H9ClF2N4O2. The number of rotatable bonds is 3. The molecule has 0 saturated heterocycles. The second kappa shape index (κ2) is 6.32. The molecule has 24 heavy (non-hydrogen) atoms. The first-order valence-electron chi connectivity index (χ1n) is 6.72. The Morgan fingerprint density at radius 3 is 2.62 bits per heavy atom. The molecule has 1 heterocycles. The predicted molar refractivity (Wildman–Crippen MR) is 83.8 cm³/mol. The summed E-state index contributed by atoms with van der Waals surface area (Å²) >= 11 is 5.81. The summed E-state index contributed by atoms with van der Waals surface area (Å²) in [5.74, 6) is -1.68. The van der Waals surface area contributed by atoms with Crippen molar-refractivity contribution < 1.29 is 13.6 Å². The molecule has 0 aliphatic carbocycles. The minimum atomic E-state index is -0.596. The van der Waals surface area contributed by atoms with Crippen molar-refractivity contribution in [2.75, 3.05) is 5.32 Å². The van der Waals surface area contributed by atoms with Gasteiger partial charge in [-0.2, -0.15) is 0 Å². The van der Waals surface area contributed by atoms with E-state index in [0.29, 0.717) is 0 Å². The third-order valence-corrected chi connectivity index (χ3v) is 3.50. The Labute approximate surface area is 138 Å². The fraction of sp³-hybridized carbons (Fsp3) is 0.0667. The first-order chi connectivity index (χ1) is 11.4. The summed E-state index contributed by atoms with van der Waals surface area (Å²) in [5, 5.41) is 9.92. The first-order valence-corrected chi connectivity index (χ1v) is 7.10. The maximum Gasteiger partial charge on any atom is 0.278 e. The molecule has 0 saturated carbocycles. The number of benzene rings is 2. The molecule has 6 nitrogen and oxygen atoms in total. The number of nitrogens with one attached hydrogen (secondary N) is 1. The number of hydrogen-bond donors (Lipinski definition) is 1. The molecule has 1 aromatic heterocycles. The molecule has 122 valence electrons. The molecule has 0 radical (unpaired) electrons. The average Bonchev–Trinajstić information content (AvgIpc) is 2.53. The lowest BCUT2D eigenvalue weighted by molar-refractivity contribution is -0.117. The van der Waals surface area contributed by atoms with Gasteiger partial charge in [0.2, 0.25) is 5.91 Å². The Hall–Kier alpha value is -2.87. The summed E-state index contributed by atoms with van der Waals surface area (Å²) in [6.07, 6.45) is 0. The molecule has 0 fully saturated rings. The van der Waals surface area contributed by atoms with Crippen LogP contribution in [0, 0.1) is 11.6 Å². The quantitative estimate of drug-likeness (QED) is 0.786. The van der Waals surface area contributed by atoms with Crippen molar-refractivity contribution in [3.05, 3.63) is 63.4 Å². The summed E-state index contributed by atoms with van der Waals surface area (Å²) in [6, 6.07) is 6.95. The molecular weight excluding hydrogens is 342 g/mol. The number of carbonyl (C=O) groups excluding carboxylic acids is 1. The highest BCUT2D eigenvalue weighted by molar-refractivity contribution is 6.33. The number of anilines is 1. The molecule has 1 amide bonds. The number of amides is 1. The Balaban J connectivity index is 1.84. The summed E-state index contributed by atoms with van der Waals surface area (Å²) in [6.45, 7) is -0.424. The Kier molecular flexibility index (Phi) is 4.22. The highest BCUT2D eigenvalue weighted by Crippen LogP contribution is 2.22. The van der Waals surface area contributed by atoms with Gasteiger partial charge in [-0.3, -0.25) is 9.59 Å². The normalized spacial score (nSPS) is 10.8. The van der Waals surface area contributed by atoms with Crippen molar-refractivity contribution >= 4 is 34.1 Å². The largest absolute Gasteiger partial charge is 0.323 e. The van der Waals surface area contributed by atoms with Gasteiger partial charge in [0.25, 0.3) is 5.56 Å². The lowest BCUT2D eigenvalue weighted by atomic mass is 10.2. The highest BCUT2D eigenvalue weighted by Gasteiger charge is 2.12. The number of nitrogens with zero attached hydrogens (tertiary/aromatic N) is 3. The van der Waals surface area contributed by atoms with Crippen molar-refractivity contribution in [1.82, 2.24) is 15.0 Å². The van der Waals surface area contributed by atoms with E-state index in [-0.39, 0.29) is 21.6 Å². The van der Waals surface area contributed by atoms with Crippen LogP contribution in [-0.4, -0.2) is 20.9 Å². The van der Waals surface area contributed by atoms with Gasteiger partial charge < -0.3 is 5.32 Å². The van der Waals surface area contributed by atoms with Crippen LogP contribution in [0.1, 0.15) is 0 Å². The van der Waals surface area contributed by atoms with E-state index in [1.807, 2.05) is 0 Å². The maximum atomic E-state index is 13.1. The van der Waals surface area contributed by atoms with Crippen molar-refractivity contribution in [1.29, 1.82) is 0 Å². The zero-order valence-corrected chi connectivity index (χ0v) is 12.7. The van der Waals surface area contributed by atoms with Crippen LogP contribution in [0.15, 0.2) is 41.2 Å². The fourth-order valence-electron chi connectivity index (χ4n) is 2.07. The van der Waals surface area contributed by atoms with E-state index in [4.69, 9.17) is 11.6 Å². The van der Waals surface area contributed by atoms with Gasteiger partial charge >= 0.3 is 0 Å². The monoisotopic (exact) mass is 350 g/mol. The van der Waals surface area contributed by atoms with Crippen LogP contribution in [0.25, 0.3) is 10.9 Å². The van der Waals surface area contributed by atoms with E-state index in [1.54, 1.807) is 0 Å². The number of aromatic nitrogens is 3. The topological polar surface area (TPSA) is 76.9 Å². The molecule has 0 bridgehead atoms. The maximum absolute atomic E-state index is 13.1. The SMILES string of the molecule is O=C(Cn1nnc2cc(F)ccc2c1=O)Nc1ccc(F)cc1Cl. The third-order valence-electron chi connectivity index (χ3n) is 3.18. The van der Waals surface area contributed by atoms with Gasteiger partial charge in [-0.15, -0.1) is 5.10 Å². The van der Waals surface area contributed by atoms with Crippen LogP contribution in [0.5, 0.6) is 0 Å². The smallest absolute Gasteiger partial charge is 0.278 e. The van der Waals surface area contributed by atoms with Gasteiger partial charge in [-0.1, -0.05) is 16.8 Å². The van der Waals surface area contributed by atoms with Crippen LogP contribution in [0.4, 0.5) is 14.5 Å². The van der Waals surface area contributed by atoms with E-state index in [1.165, 1.54) is 12.1 Å². The highest BCUT2D eigenvalue weighted by atomic mass is 35.5. The zero-order valence-electron chi connectivity index (χ0n) is 12.0. The van der Waals surface area contributed by atoms with Crippen molar-refractivity contribution in [3.63, 3.8) is 0 Å². The predicted octanol–water partition coefficient (Wildman–Crippen LogP) is 2.36. The van der Waals surface area contributed by atoms with Crippen LogP contribution in [0.2, 0.25) is 5.02 Å². The Morgan fingerprint density at radius 1 is 1.17 bits per heavy atom. The molecule has 2 aromatic carbocycles. The zero-order chi connectivity index (χ0) is 17.3. The molecule has 0 spiro atoms. The molecule has 0 atom stereocenters. The summed E-state index contributed by atoms with van der Waals surface area (Å²) in [7, 11) is 0. The number of halogens is 3. The molecule has 1 N–H and O–H groups in total. The molecule has 0 aliphatic heterocycles. The number of hydrogen-bond acceptors (Lipinski definition) is 4. The van der Waals surface area contributed by atoms with E-state index in [0.717, 1.165) is 28.9 Å². The van der Waals surface area contributed by atoms with E-state index < -0.39 is 29.6 Å². The third kappa shape index (κ3) is 3.23. The molecule has 3 aromatic rings. The van der Waals surface area contributed by atoms with Crippen molar-refractivity contribution in [3.8, 4) is 0 Å². The first kappa shape index (κ1) is 16.0. The van der Waals surface area contributed by atoms with Gasteiger partial charge in [0.15, 0.2) is 0 Å². The van der Waals surface area contributed by atoms with Crippen LogP contribution in [0.3, 0.4) is 0 Å². The van der Waals surface area contributed by atoms with E-state index in [2.05, 4.69) is 15.6 Å². The van der Waals surface area contributed by atoms with E-state index in [9.17, 15) is 18.4 Å². The standard InChI is InChI=1S/C15H9ClF2N4O2/c16-11-5-8(17)2-4-12(11)19-14(23)7-22-15(24)10-3-1-9(18)6-13(10)20-21-22/h1-6H,7H2,(H,19,23). The Morgan fingerprint density at radius 2 is 1.88 bits per heavy atom. The van der Waals surface area contributed by atoms with Gasteiger partial charge in [0.05, 0.1) is 16.1 Å². The van der Waals surface area contributed by atoms with Gasteiger partial charge in [0.1, 0.15) is 23.7 Å². The summed E-state index contributed by atoms with van der Waals surface area (Å²) < 4.78 is 26.9. The lowest BCUT2D eigenvalue weighted by Crippen LogP contribution is -2.30. The van der Waals surface area contributed by atoms with Gasteiger partial charge in [-0.25, -0.2) is 13.5 Å². The average molecular weight is 351 g/mol. The second-order valence-corrected chi connectivity index (χ2v) is 5.29. The van der Waals surface area contributed by atoms with Crippen LogP contribution in [-0.2, 0) is 11.3 Å². The fourth-order valence-corrected chi connectivity index (χ4v) is 2.28. The van der Waals surface area contributed by atoms with Crippen LogP contribution >= 0.6 is 11.6 Å². The van der Waals surface area contributed by atoms with E-state index >= 15 is 0 Å². The lowest BCUT2D eigenvalue weighted by Gasteiger charge is -2.08. The number of carbonyl (C=O) groups is 1. The second-order valence-electron chi connectivity index (χ2n) is 4.89. The van der Waals surface area contributed by atoms with Gasteiger partial charge in [0, 0.05) is 6.07 Å². The molecule has 9 heteroatoms. The molecule has 0 unspecified atom stereocenters. The summed E-state index contributed by atoms with van der Waals surface area (Å²) in [5.41, 5.74) is -0.287. The molecule has 0 aliphatic rings. The van der Waals surface area contributed by atoms with Crippen molar-refractivity contribution in [2.45, 2.75) is 6.54 Å². The Bertz CT molecular complexity index is 1010. The minimum absolute atomic E-state index is 0.0239. The minimum Gasteiger partial charge on any atom is -0.323 e. The van der Waals surface area contributed by atoms with Gasteiger partial charge in [-0.05, 0) is 30.3 Å².